The van der Waals surface area contributed by atoms with Crippen LogP contribution in [-0.2, 0) is 32.6 Å². The number of rotatable bonds is 5. The summed E-state index contributed by atoms with van der Waals surface area (Å²) >= 11 is 0. The Morgan fingerprint density at radius 1 is 1.32 bits per heavy atom. The molecule has 9 nitrogen and oxygen atoms in total. The monoisotopic (exact) mass is 363 g/mol. The fraction of sp³-hybridized carbons (Fsp3) is 0.267. The maximum Gasteiger partial charge on any atom is 0.257 e. The molecule has 132 valence electrons. The van der Waals surface area contributed by atoms with E-state index in [1.54, 1.807) is 13.8 Å². The van der Waals surface area contributed by atoms with Crippen molar-refractivity contribution in [2.24, 2.45) is 0 Å². The molecule has 0 saturated carbocycles. The second-order valence-corrected chi connectivity index (χ2v) is 7.46. The first-order chi connectivity index (χ1) is 11.7. The largest absolute Gasteiger partial charge is 0.326 e. The predicted octanol–water partition coefficient (Wildman–Crippen LogP) is 0.00424. The molecular formula is C15H17N5O4S. The highest BCUT2D eigenvalue weighted by Crippen LogP contribution is 2.25. The van der Waals surface area contributed by atoms with E-state index in [0.29, 0.717) is 11.3 Å². The lowest BCUT2D eigenvalue weighted by Crippen LogP contribution is -2.43. The zero-order valence-electron chi connectivity index (χ0n) is 13.7. The summed E-state index contributed by atoms with van der Waals surface area (Å²) < 4.78 is 26.1. The van der Waals surface area contributed by atoms with E-state index in [2.05, 4.69) is 20.7 Å². The van der Waals surface area contributed by atoms with E-state index < -0.39 is 15.9 Å². The van der Waals surface area contributed by atoms with Crippen LogP contribution in [0.3, 0.4) is 0 Å². The Hall–Kier alpha value is -2.72. The molecule has 3 N–H and O–H groups in total. The number of carbonyl (C=O) groups is 2. The van der Waals surface area contributed by atoms with Crippen molar-refractivity contribution in [2.45, 2.75) is 31.7 Å². The molecule has 1 aliphatic heterocycles. The first-order valence-electron chi connectivity index (χ1n) is 7.49. The van der Waals surface area contributed by atoms with Gasteiger partial charge in [0.1, 0.15) is 6.54 Å². The average molecular weight is 363 g/mol. The van der Waals surface area contributed by atoms with E-state index >= 15 is 0 Å². The third-order valence-electron chi connectivity index (χ3n) is 3.73. The van der Waals surface area contributed by atoms with E-state index in [9.17, 15) is 18.0 Å². The summed E-state index contributed by atoms with van der Waals surface area (Å²) in [7, 11) is -3.94. The summed E-state index contributed by atoms with van der Waals surface area (Å²) in [5.41, 5.74) is 4.92. The molecule has 0 aliphatic carbocycles. The fourth-order valence-corrected chi connectivity index (χ4v) is 3.48. The maximum atomic E-state index is 12.3. The Labute approximate surface area is 144 Å². The van der Waals surface area contributed by atoms with Crippen LogP contribution in [0.15, 0.2) is 29.2 Å². The van der Waals surface area contributed by atoms with E-state index in [0.717, 1.165) is 11.4 Å². The van der Waals surface area contributed by atoms with Crippen molar-refractivity contribution in [3.05, 3.63) is 41.2 Å². The quantitative estimate of drug-likeness (QED) is 0.646. The number of nitrogens with one attached hydrogen (secondary N) is 3. The van der Waals surface area contributed by atoms with Crippen LogP contribution in [0, 0.1) is 13.8 Å². The number of anilines is 1. The second-order valence-electron chi connectivity index (χ2n) is 5.78. The molecular weight excluding hydrogens is 346 g/mol. The summed E-state index contributed by atoms with van der Waals surface area (Å²) in [6.07, 6.45) is 0.128. The van der Waals surface area contributed by atoms with Crippen LogP contribution in [0.1, 0.15) is 17.0 Å². The molecule has 0 unspecified atom stereocenters. The molecule has 1 aliphatic rings. The van der Waals surface area contributed by atoms with Gasteiger partial charge in [0.2, 0.25) is 5.91 Å². The van der Waals surface area contributed by atoms with Gasteiger partial charge in [-0.15, -0.1) is 4.83 Å². The molecule has 0 atom stereocenters. The highest BCUT2D eigenvalue weighted by Gasteiger charge is 2.22. The Bertz CT molecular complexity index is 964. The van der Waals surface area contributed by atoms with E-state index in [1.165, 1.54) is 22.9 Å². The number of aryl methyl sites for hydroxylation is 2. The average Bonchev–Trinajstić information content (AvgIpc) is 3.05. The molecule has 10 heteroatoms. The number of hydrogen-bond donors (Lipinski definition) is 3. The third-order valence-corrected chi connectivity index (χ3v) is 4.98. The number of fused-ring (bicyclic) bond motifs is 1. The SMILES string of the molecule is Cc1cc(C)n(CC(=O)NNS(=O)(=O)c2ccc3c(c2)CC(=O)N3)n1. The molecule has 0 fully saturated rings. The van der Waals surface area contributed by atoms with Crippen molar-refractivity contribution in [1.29, 1.82) is 0 Å². The molecule has 1 aromatic carbocycles. The number of nitrogens with zero attached hydrogens (tertiary/aromatic N) is 2. The molecule has 3 rings (SSSR count). The maximum absolute atomic E-state index is 12.3. The highest BCUT2D eigenvalue weighted by atomic mass is 32.2. The molecule has 0 bridgehead atoms. The van der Waals surface area contributed by atoms with Gasteiger partial charge in [0.15, 0.2) is 0 Å². The second kappa shape index (κ2) is 6.30. The van der Waals surface area contributed by atoms with Gasteiger partial charge in [0, 0.05) is 11.4 Å². The zero-order valence-corrected chi connectivity index (χ0v) is 14.5. The minimum absolute atomic E-state index is 0.0332. The summed E-state index contributed by atoms with van der Waals surface area (Å²) in [6.45, 7) is 3.50. The third kappa shape index (κ3) is 3.69. The Kier molecular flexibility index (Phi) is 4.31. The number of amides is 2. The van der Waals surface area contributed by atoms with Gasteiger partial charge in [-0.25, -0.2) is 8.42 Å². The van der Waals surface area contributed by atoms with Crippen molar-refractivity contribution >= 4 is 27.5 Å². The van der Waals surface area contributed by atoms with Crippen molar-refractivity contribution in [2.75, 3.05) is 5.32 Å². The number of hydrogen-bond acceptors (Lipinski definition) is 5. The highest BCUT2D eigenvalue weighted by molar-refractivity contribution is 7.89. The van der Waals surface area contributed by atoms with E-state index in [4.69, 9.17) is 0 Å². The number of aromatic nitrogens is 2. The van der Waals surface area contributed by atoms with Gasteiger partial charge in [-0.3, -0.25) is 19.7 Å². The normalized spacial score (nSPS) is 13.4. The lowest BCUT2D eigenvalue weighted by molar-refractivity contribution is -0.122. The van der Waals surface area contributed by atoms with Gasteiger partial charge in [-0.1, -0.05) is 0 Å². The van der Waals surface area contributed by atoms with Crippen LogP contribution < -0.4 is 15.6 Å². The van der Waals surface area contributed by atoms with Gasteiger partial charge < -0.3 is 5.32 Å². The minimum Gasteiger partial charge on any atom is -0.326 e. The number of sulfonamides is 1. The molecule has 2 heterocycles. The van der Waals surface area contributed by atoms with Gasteiger partial charge in [0.05, 0.1) is 17.0 Å². The van der Waals surface area contributed by atoms with Crippen LogP contribution in [0.2, 0.25) is 0 Å². The van der Waals surface area contributed by atoms with Gasteiger partial charge >= 0.3 is 0 Å². The number of hydrazine groups is 1. The number of benzene rings is 1. The van der Waals surface area contributed by atoms with Crippen LogP contribution in [-0.4, -0.2) is 30.0 Å². The molecule has 1 aromatic heterocycles. The van der Waals surface area contributed by atoms with Crippen LogP contribution in [0.5, 0.6) is 0 Å². The van der Waals surface area contributed by atoms with Crippen LogP contribution >= 0.6 is 0 Å². The summed E-state index contributed by atoms with van der Waals surface area (Å²) in [5.74, 6) is -0.733. The Morgan fingerprint density at radius 3 is 2.76 bits per heavy atom. The Morgan fingerprint density at radius 2 is 2.08 bits per heavy atom. The van der Waals surface area contributed by atoms with Crippen molar-refractivity contribution in [1.82, 2.24) is 20.0 Å². The molecule has 2 aromatic rings. The topological polar surface area (TPSA) is 122 Å². The fourth-order valence-electron chi connectivity index (χ4n) is 2.57. The van der Waals surface area contributed by atoms with Crippen molar-refractivity contribution in [3.8, 4) is 0 Å². The molecule has 25 heavy (non-hydrogen) atoms. The van der Waals surface area contributed by atoms with Crippen LogP contribution in [0.25, 0.3) is 0 Å². The van der Waals surface area contributed by atoms with Crippen molar-refractivity contribution in [3.63, 3.8) is 0 Å². The molecule has 0 radical (unpaired) electrons. The Balaban J connectivity index is 1.66. The molecule has 0 saturated heterocycles. The smallest absolute Gasteiger partial charge is 0.257 e. The predicted molar refractivity (Wildman–Crippen MR) is 88.9 cm³/mol. The minimum atomic E-state index is -3.94. The first-order valence-corrected chi connectivity index (χ1v) is 8.97. The molecule has 2 amide bonds. The van der Waals surface area contributed by atoms with Crippen LogP contribution in [0.4, 0.5) is 5.69 Å². The lowest BCUT2D eigenvalue weighted by atomic mass is 10.2. The van der Waals surface area contributed by atoms with Gasteiger partial charge in [0.25, 0.3) is 15.9 Å². The van der Waals surface area contributed by atoms with Crippen molar-refractivity contribution < 1.29 is 18.0 Å². The summed E-state index contributed by atoms with van der Waals surface area (Å²) in [5, 5.41) is 6.77. The van der Waals surface area contributed by atoms with E-state index in [1.807, 2.05) is 6.07 Å². The standard InChI is InChI=1S/C15H17N5O4S/c1-9-5-10(2)20(18-9)8-15(22)17-19-25(23,24)12-3-4-13-11(6-12)7-14(21)16-13/h3-6,19H,7-8H2,1-2H3,(H,16,21)(H,17,22). The summed E-state index contributed by atoms with van der Waals surface area (Å²) in [6, 6.07) is 6.10. The molecule has 0 spiro atoms. The first kappa shape index (κ1) is 17.1. The summed E-state index contributed by atoms with van der Waals surface area (Å²) in [4.78, 5) is 25.3. The van der Waals surface area contributed by atoms with Gasteiger partial charge in [-0.2, -0.15) is 5.10 Å². The number of carbonyl (C=O) groups excluding carboxylic acids is 2. The zero-order chi connectivity index (χ0) is 18.2. The lowest BCUT2D eigenvalue weighted by Gasteiger charge is -2.10. The van der Waals surface area contributed by atoms with Gasteiger partial charge in [-0.05, 0) is 43.7 Å². The van der Waals surface area contributed by atoms with E-state index in [-0.39, 0.29) is 23.8 Å².